The SMILES string of the molecule is CCCCN(C(=O)OC(C)(C)C)c1ncccc1[C@@H]1CCCCN1CCC. The number of likely N-dealkylation sites (tertiary alicyclic amines) is 1. The Morgan fingerprint density at radius 3 is 2.74 bits per heavy atom. The number of anilines is 1. The Kier molecular flexibility index (Phi) is 8.08. The van der Waals surface area contributed by atoms with Gasteiger partial charge in [0.05, 0.1) is 0 Å². The lowest BCUT2D eigenvalue weighted by molar-refractivity contribution is 0.0577. The average molecular weight is 376 g/mol. The molecule has 152 valence electrons. The lowest BCUT2D eigenvalue weighted by Gasteiger charge is -2.37. The van der Waals surface area contributed by atoms with Crippen molar-refractivity contribution < 1.29 is 9.53 Å². The van der Waals surface area contributed by atoms with Gasteiger partial charge < -0.3 is 4.74 Å². The minimum absolute atomic E-state index is 0.297. The van der Waals surface area contributed by atoms with Crippen molar-refractivity contribution in [2.24, 2.45) is 0 Å². The summed E-state index contributed by atoms with van der Waals surface area (Å²) in [5.74, 6) is 0.771. The fourth-order valence-electron chi connectivity index (χ4n) is 3.71. The first-order valence-electron chi connectivity index (χ1n) is 10.6. The molecule has 1 aliphatic heterocycles. The van der Waals surface area contributed by atoms with Crippen LogP contribution < -0.4 is 4.90 Å². The topological polar surface area (TPSA) is 45.7 Å². The smallest absolute Gasteiger partial charge is 0.416 e. The number of aromatic nitrogens is 1. The second kappa shape index (κ2) is 10.1. The molecule has 0 aromatic carbocycles. The third kappa shape index (κ3) is 6.20. The van der Waals surface area contributed by atoms with E-state index in [1.807, 2.05) is 26.8 Å². The van der Waals surface area contributed by atoms with Crippen LogP contribution in [0.2, 0.25) is 0 Å². The van der Waals surface area contributed by atoms with Gasteiger partial charge in [0.15, 0.2) is 0 Å². The largest absolute Gasteiger partial charge is 0.443 e. The minimum Gasteiger partial charge on any atom is -0.443 e. The first kappa shape index (κ1) is 21.7. The van der Waals surface area contributed by atoms with E-state index in [2.05, 4.69) is 29.8 Å². The number of hydrogen-bond donors (Lipinski definition) is 0. The Bertz CT molecular complexity index is 595. The van der Waals surface area contributed by atoms with Gasteiger partial charge >= 0.3 is 6.09 Å². The highest BCUT2D eigenvalue weighted by Crippen LogP contribution is 2.36. The molecule has 0 radical (unpaired) electrons. The molecule has 0 unspecified atom stereocenters. The van der Waals surface area contributed by atoms with E-state index in [-0.39, 0.29) is 6.09 Å². The predicted molar refractivity (Wildman–Crippen MR) is 111 cm³/mol. The third-order valence-corrected chi connectivity index (χ3v) is 4.91. The number of unbranched alkanes of at least 4 members (excludes halogenated alkanes) is 1. The molecule has 1 amide bonds. The van der Waals surface area contributed by atoms with Gasteiger partial charge in [0.25, 0.3) is 0 Å². The van der Waals surface area contributed by atoms with Crippen LogP contribution in [0.25, 0.3) is 0 Å². The molecule has 2 heterocycles. The van der Waals surface area contributed by atoms with Gasteiger partial charge in [-0.2, -0.15) is 0 Å². The van der Waals surface area contributed by atoms with Gasteiger partial charge in [-0.25, -0.2) is 9.78 Å². The molecule has 5 heteroatoms. The molecule has 5 nitrogen and oxygen atoms in total. The summed E-state index contributed by atoms with van der Waals surface area (Å²) >= 11 is 0. The summed E-state index contributed by atoms with van der Waals surface area (Å²) in [6.45, 7) is 12.9. The normalized spacial score (nSPS) is 18.3. The van der Waals surface area contributed by atoms with E-state index in [0.29, 0.717) is 12.6 Å². The summed E-state index contributed by atoms with van der Waals surface area (Å²) in [6, 6.07) is 4.46. The third-order valence-electron chi connectivity index (χ3n) is 4.91. The van der Waals surface area contributed by atoms with Crippen molar-refractivity contribution in [2.45, 2.75) is 84.8 Å². The molecule has 1 aliphatic rings. The maximum atomic E-state index is 13.0. The summed E-state index contributed by atoms with van der Waals surface area (Å²) in [5.41, 5.74) is 0.642. The van der Waals surface area contributed by atoms with E-state index in [0.717, 1.165) is 50.2 Å². The van der Waals surface area contributed by atoms with Gasteiger partial charge in [0, 0.05) is 24.3 Å². The molecule has 0 N–H and O–H groups in total. The Balaban J connectivity index is 2.36. The molecular weight excluding hydrogens is 338 g/mol. The van der Waals surface area contributed by atoms with Crippen molar-refractivity contribution >= 4 is 11.9 Å². The summed E-state index contributed by atoms with van der Waals surface area (Å²) in [6.07, 6.45) is 8.17. The van der Waals surface area contributed by atoms with E-state index < -0.39 is 5.60 Å². The molecule has 1 fully saturated rings. The molecule has 1 aromatic heterocycles. The highest BCUT2D eigenvalue weighted by atomic mass is 16.6. The predicted octanol–water partition coefficient (Wildman–Crippen LogP) is 5.56. The van der Waals surface area contributed by atoms with Crippen LogP contribution in [0.15, 0.2) is 18.3 Å². The monoisotopic (exact) mass is 375 g/mol. The fourth-order valence-corrected chi connectivity index (χ4v) is 3.71. The molecule has 1 atom stereocenters. The van der Waals surface area contributed by atoms with E-state index in [1.165, 1.54) is 12.8 Å². The van der Waals surface area contributed by atoms with E-state index >= 15 is 0 Å². The van der Waals surface area contributed by atoms with Crippen molar-refractivity contribution in [3.63, 3.8) is 0 Å². The van der Waals surface area contributed by atoms with Crippen LogP contribution in [0.3, 0.4) is 0 Å². The number of hydrogen-bond acceptors (Lipinski definition) is 4. The number of carbonyl (C=O) groups excluding carboxylic acids is 1. The number of pyridine rings is 1. The Morgan fingerprint density at radius 2 is 2.07 bits per heavy atom. The fraction of sp³-hybridized carbons (Fsp3) is 0.727. The van der Waals surface area contributed by atoms with Crippen molar-refractivity contribution in [3.8, 4) is 0 Å². The number of piperidine rings is 1. The van der Waals surface area contributed by atoms with Gasteiger partial charge in [-0.3, -0.25) is 9.80 Å². The molecule has 1 saturated heterocycles. The lowest BCUT2D eigenvalue weighted by Crippen LogP contribution is -2.40. The Morgan fingerprint density at radius 1 is 1.30 bits per heavy atom. The van der Waals surface area contributed by atoms with Crippen molar-refractivity contribution in [3.05, 3.63) is 23.9 Å². The summed E-state index contributed by atoms with van der Waals surface area (Å²) in [4.78, 5) is 21.9. The standard InChI is InChI=1S/C22H37N3O2/c1-6-8-17-25(21(26)27-22(3,4)5)20-18(12-11-14-23-20)19-13-9-10-16-24(19)15-7-2/h11-12,14,19H,6-10,13,15-17H2,1-5H3/t19-/m0/s1. The van der Waals surface area contributed by atoms with Crippen molar-refractivity contribution in [1.29, 1.82) is 0 Å². The van der Waals surface area contributed by atoms with E-state index in [4.69, 9.17) is 4.74 Å². The lowest BCUT2D eigenvalue weighted by atomic mass is 9.95. The number of amides is 1. The van der Waals surface area contributed by atoms with Crippen LogP contribution in [0.1, 0.15) is 84.7 Å². The molecule has 0 aliphatic carbocycles. The first-order valence-corrected chi connectivity index (χ1v) is 10.6. The van der Waals surface area contributed by atoms with Gasteiger partial charge in [0.1, 0.15) is 11.4 Å². The zero-order valence-corrected chi connectivity index (χ0v) is 17.8. The number of nitrogens with zero attached hydrogens (tertiary/aromatic N) is 3. The van der Waals surface area contributed by atoms with E-state index in [9.17, 15) is 4.79 Å². The molecule has 27 heavy (non-hydrogen) atoms. The molecule has 0 saturated carbocycles. The van der Waals surface area contributed by atoms with Crippen LogP contribution in [0.4, 0.5) is 10.6 Å². The van der Waals surface area contributed by atoms with Crippen LogP contribution in [-0.2, 0) is 4.74 Å². The number of rotatable bonds is 7. The van der Waals surface area contributed by atoms with Crippen LogP contribution in [0.5, 0.6) is 0 Å². The number of carbonyl (C=O) groups is 1. The quantitative estimate of drug-likeness (QED) is 0.626. The van der Waals surface area contributed by atoms with Crippen molar-refractivity contribution in [2.75, 3.05) is 24.5 Å². The highest BCUT2D eigenvalue weighted by Gasteiger charge is 2.31. The molecule has 0 spiro atoms. The van der Waals surface area contributed by atoms with E-state index in [1.54, 1.807) is 11.1 Å². The van der Waals surface area contributed by atoms with Crippen LogP contribution in [-0.4, -0.2) is 41.2 Å². The maximum absolute atomic E-state index is 13.0. The summed E-state index contributed by atoms with van der Waals surface area (Å²) in [5, 5.41) is 0. The molecule has 2 rings (SSSR count). The second-order valence-corrected chi connectivity index (χ2v) is 8.45. The van der Waals surface area contributed by atoms with Crippen LogP contribution in [0, 0.1) is 0 Å². The van der Waals surface area contributed by atoms with Gasteiger partial charge in [-0.1, -0.05) is 32.8 Å². The minimum atomic E-state index is -0.518. The summed E-state index contributed by atoms with van der Waals surface area (Å²) < 4.78 is 5.70. The molecule has 1 aromatic rings. The highest BCUT2D eigenvalue weighted by molar-refractivity contribution is 5.87. The maximum Gasteiger partial charge on any atom is 0.416 e. The summed E-state index contributed by atoms with van der Waals surface area (Å²) in [7, 11) is 0. The second-order valence-electron chi connectivity index (χ2n) is 8.45. The van der Waals surface area contributed by atoms with Gasteiger partial charge in [0.2, 0.25) is 0 Å². The first-order chi connectivity index (χ1) is 12.9. The van der Waals surface area contributed by atoms with Crippen LogP contribution >= 0.6 is 0 Å². The Hall–Kier alpha value is -1.62. The molecule has 0 bridgehead atoms. The number of ether oxygens (including phenoxy) is 1. The zero-order chi connectivity index (χ0) is 19.9. The van der Waals surface area contributed by atoms with Gasteiger partial charge in [-0.15, -0.1) is 0 Å². The average Bonchev–Trinajstić information content (AvgIpc) is 2.62. The Labute approximate surface area is 165 Å². The van der Waals surface area contributed by atoms with Gasteiger partial charge in [-0.05, 0) is 65.6 Å². The zero-order valence-electron chi connectivity index (χ0n) is 17.8. The van der Waals surface area contributed by atoms with Crippen molar-refractivity contribution in [1.82, 2.24) is 9.88 Å². The molecular formula is C22H37N3O2.